The van der Waals surface area contributed by atoms with E-state index in [0.29, 0.717) is 11.5 Å². The zero-order valence-electron chi connectivity index (χ0n) is 10.4. The molecule has 0 aliphatic rings. The van der Waals surface area contributed by atoms with Crippen molar-refractivity contribution in [3.63, 3.8) is 0 Å². The van der Waals surface area contributed by atoms with Crippen molar-refractivity contribution < 1.29 is 4.39 Å². The first-order valence-electron chi connectivity index (χ1n) is 5.99. The Labute approximate surface area is 109 Å². The van der Waals surface area contributed by atoms with Crippen LogP contribution in [0.4, 0.5) is 10.3 Å². The van der Waals surface area contributed by atoms with Crippen LogP contribution in [0.1, 0.15) is 18.5 Å². The molecule has 0 saturated carbocycles. The second-order valence-corrected chi connectivity index (χ2v) is 4.44. The molecule has 2 aromatic heterocycles. The molecule has 3 aromatic rings. The summed E-state index contributed by atoms with van der Waals surface area (Å²) in [5.74, 6) is 0.0585. The highest BCUT2D eigenvalue weighted by molar-refractivity contribution is 5.78. The highest BCUT2D eigenvalue weighted by atomic mass is 19.1. The van der Waals surface area contributed by atoms with Gasteiger partial charge in [0.25, 0.3) is 0 Å². The van der Waals surface area contributed by atoms with Gasteiger partial charge in [0.2, 0.25) is 5.95 Å². The molecule has 0 aliphatic carbocycles. The summed E-state index contributed by atoms with van der Waals surface area (Å²) >= 11 is 0. The topological polar surface area (TPSA) is 56.7 Å². The first-order chi connectivity index (χ1) is 9.16. The number of nitrogens with zero attached hydrogens (tertiary/aromatic N) is 3. The van der Waals surface area contributed by atoms with Crippen molar-refractivity contribution in [1.29, 1.82) is 0 Å². The first-order valence-corrected chi connectivity index (χ1v) is 5.99. The van der Waals surface area contributed by atoms with Gasteiger partial charge in [0, 0.05) is 18.5 Å². The van der Waals surface area contributed by atoms with Crippen molar-refractivity contribution in [3.05, 3.63) is 54.1 Å². The van der Waals surface area contributed by atoms with Crippen LogP contribution in [0.15, 0.2) is 42.7 Å². The minimum Gasteiger partial charge on any atom is -0.369 e. The monoisotopic (exact) mass is 256 g/mol. The Morgan fingerprint density at radius 1 is 1.32 bits per heavy atom. The lowest BCUT2D eigenvalue weighted by molar-refractivity contribution is 0.628. The zero-order valence-corrected chi connectivity index (χ0v) is 10.4. The summed E-state index contributed by atoms with van der Waals surface area (Å²) in [6.07, 6.45) is 3.51. The molecule has 2 heterocycles. The summed E-state index contributed by atoms with van der Waals surface area (Å²) in [5.41, 5.74) is 8.35. The number of anilines is 1. The Morgan fingerprint density at radius 2 is 2.16 bits per heavy atom. The van der Waals surface area contributed by atoms with Gasteiger partial charge in [0.1, 0.15) is 5.82 Å². The molecule has 0 fully saturated rings. The van der Waals surface area contributed by atoms with Crippen molar-refractivity contribution in [2.45, 2.75) is 13.0 Å². The molecule has 96 valence electrons. The Balaban J connectivity index is 2.17. The van der Waals surface area contributed by atoms with E-state index in [1.54, 1.807) is 18.5 Å². The van der Waals surface area contributed by atoms with Gasteiger partial charge < -0.3 is 10.3 Å². The fourth-order valence-corrected chi connectivity index (χ4v) is 2.27. The molecule has 0 aliphatic heterocycles. The van der Waals surface area contributed by atoms with Gasteiger partial charge in [-0.25, -0.2) is 9.37 Å². The number of pyridine rings is 1. The van der Waals surface area contributed by atoms with Crippen LogP contribution >= 0.6 is 0 Å². The standard InChI is InChI=1S/C14H13FN4/c1-9(10-3-2-6-17-8-10)19-13-5-4-11(15)7-12(13)18-14(19)16/h2-9H,1H3,(H2,16,18). The predicted octanol–water partition coefficient (Wildman–Crippen LogP) is 2.76. The van der Waals surface area contributed by atoms with Crippen molar-refractivity contribution in [1.82, 2.24) is 14.5 Å². The summed E-state index contributed by atoms with van der Waals surface area (Å²) in [7, 11) is 0. The van der Waals surface area contributed by atoms with E-state index in [1.807, 2.05) is 23.6 Å². The number of nitrogen functional groups attached to an aromatic ring is 1. The van der Waals surface area contributed by atoms with E-state index in [2.05, 4.69) is 9.97 Å². The summed E-state index contributed by atoms with van der Waals surface area (Å²) in [5, 5.41) is 0. The van der Waals surface area contributed by atoms with Crippen molar-refractivity contribution in [2.75, 3.05) is 5.73 Å². The third-order valence-corrected chi connectivity index (χ3v) is 3.23. The van der Waals surface area contributed by atoms with Gasteiger partial charge in [0.05, 0.1) is 17.1 Å². The zero-order chi connectivity index (χ0) is 13.4. The fraction of sp³-hybridized carbons (Fsp3) is 0.143. The summed E-state index contributed by atoms with van der Waals surface area (Å²) in [6, 6.07) is 8.34. The largest absolute Gasteiger partial charge is 0.369 e. The van der Waals surface area contributed by atoms with E-state index in [4.69, 9.17) is 5.73 Å². The summed E-state index contributed by atoms with van der Waals surface area (Å²) in [4.78, 5) is 8.31. The maximum atomic E-state index is 13.2. The molecule has 1 unspecified atom stereocenters. The Bertz CT molecular complexity index is 721. The normalized spacial score (nSPS) is 12.7. The lowest BCUT2D eigenvalue weighted by Gasteiger charge is -2.15. The van der Waals surface area contributed by atoms with Crippen molar-refractivity contribution >= 4 is 17.0 Å². The average molecular weight is 256 g/mol. The SMILES string of the molecule is CC(c1cccnc1)n1c(N)nc2cc(F)ccc21. The van der Waals surface area contributed by atoms with Crippen LogP contribution in [0.25, 0.3) is 11.0 Å². The van der Waals surface area contributed by atoms with Crippen LogP contribution in [0.5, 0.6) is 0 Å². The molecule has 0 amide bonds. The minimum absolute atomic E-state index is 0.0100. The second-order valence-electron chi connectivity index (χ2n) is 4.44. The number of benzene rings is 1. The number of nitrogens with two attached hydrogens (primary N) is 1. The van der Waals surface area contributed by atoms with Crippen molar-refractivity contribution in [2.24, 2.45) is 0 Å². The highest BCUT2D eigenvalue weighted by Gasteiger charge is 2.15. The number of hydrogen-bond donors (Lipinski definition) is 1. The van der Waals surface area contributed by atoms with Crippen LogP contribution in [-0.4, -0.2) is 14.5 Å². The Morgan fingerprint density at radius 3 is 2.89 bits per heavy atom. The molecule has 0 spiro atoms. The molecule has 1 atom stereocenters. The Kier molecular flexibility index (Phi) is 2.67. The van der Waals surface area contributed by atoms with Gasteiger partial charge in [-0.15, -0.1) is 0 Å². The maximum Gasteiger partial charge on any atom is 0.201 e. The number of imidazole rings is 1. The molecule has 0 radical (unpaired) electrons. The lowest BCUT2D eigenvalue weighted by Crippen LogP contribution is -2.10. The van der Waals surface area contributed by atoms with Gasteiger partial charge in [-0.3, -0.25) is 4.98 Å². The number of aromatic nitrogens is 3. The van der Waals surface area contributed by atoms with Crippen LogP contribution in [0, 0.1) is 5.82 Å². The third kappa shape index (κ3) is 1.93. The van der Waals surface area contributed by atoms with Crippen LogP contribution < -0.4 is 5.73 Å². The molecule has 0 bridgehead atoms. The third-order valence-electron chi connectivity index (χ3n) is 3.23. The molecule has 19 heavy (non-hydrogen) atoms. The summed E-state index contributed by atoms with van der Waals surface area (Å²) < 4.78 is 15.1. The molecule has 3 rings (SSSR count). The summed E-state index contributed by atoms with van der Waals surface area (Å²) in [6.45, 7) is 2.01. The molecular weight excluding hydrogens is 243 g/mol. The quantitative estimate of drug-likeness (QED) is 0.767. The number of halogens is 1. The smallest absolute Gasteiger partial charge is 0.201 e. The van der Waals surface area contributed by atoms with E-state index in [1.165, 1.54) is 12.1 Å². The van der Waals surface area contributed by atoms with E-state index >= 15 is 0 Å². The van der Waals surface area contributed by atoms with Gasteiger partial charge in [-0.2, -0.15) is 0 Å². The maximum absolute atomic E-state index is 13.2. The number of fused-ring (bicyclic) bond motifs is 1. The number of rotatable bonds is 2. The van der Waals surface area contributed by atoms with Gasteiger partial charge >= 0.3 is 0 Å². The van der Waals surface area contributed by atoms with Gasteiger partial charge in [-0.05, 0) is 30.7 Å². The molecule has 1 aromatic carbocycles. The lowest BCUT2D eigenvalue weighted by atomic mass is 10.1. The molecule has 5 heteroatoms. The predicted molar refractivity (Wildman–Crippen MR) is 72.2 cm³/mol. The van der Waals surface area contributed by atoms with Crippen molar-refractivity contribution in [3.8, 4) is 0 Å². The van der Waals surface area contributed by atoms with E-state index in [0.717, 1.165) is 11.1 Å². The van der Waals surface area contributed by atoms with Gasteiger partial charge in [-0.1, -0.05) is 6.07 Å². The van der Waals surface area contributed by atoms with Crippen LogP contribution in [0.3, 0.4) is 0 Å². The van der Waals surface area contributed by atoms with Gasteiger partial charge in [0.15, 0.2) is 0 Å². The van der Waals surface area contributed by atoms with Crippen LogP contribution in [0.2, 0.25) is 0 Å². The molecular formula is C14H13FN4. The van der Waals surface area contributed by atoms with E-state index in [9.17, 15) is 4.39 Å². The number of hydrogen-bond acceptors (Lipinski definition) is 3. The average Bonchev–Trinajstić information content (AvgIpc) is 2.74. The van der Waals surface area contributed by atoms with Crippen LogP contribution in [-0.2, 0) is 0 Å². The molecule has 2 N–H and O–H groups in total. The first kappa shape index (κ1) is 11.6. The second kappa shape index (κ2) is 4.35. The molecule has 0 saturated heterocycles. The Hall–Kier alpha value is -2.43. The fourth-order valence-electron chi connectivity index (χ4n) is 2.27. The van der Waals surface area contributed by atoms with E-state index < -0.39 is 0 Å². The minimum atomic E-state index is -0.314. The highest BCUT2D eigenvalue weighted by Crippen LogP contribution is 2.27. The van der Waals surface area contributed by atoms with E-state index in [-0.39, 0.29) is 11.9 Å². The molecule has 4 nitrogen and oxygen atoms in total.